The molecule has 1 amide bonds. The van der Waals surface area contributed by atoms with Crippen molar-refractivity contribution in [1.29, 1.82) is 0 Å². The largest absolute Gasteiger partial charge is 0.360 e. The molecule has 0 atom stereocenters. The topological polar surface area (TPSA) is 80.9 Å². The zero-order valence-corrected chi connectivity index (χ0v) is 15.0. The number of amides is 1. The van der Waals surface area contributed by atoms with Crippen molar-refractivity contribution in [1.82, 2.24) is 15.1 Å². The van der Waals surface area contributed by atoms with Gasteiger partial charge in [0.05, 0.1) is 5.69 Å². The number of anilines is 1. The van der Waals surface area contributed by atoms with E-state index in [2.05, 4.69) is 20.4 Å². The molecular weight excluding hydrogens is 367 g/mol. The first-order chi connectivity index (χ1) is 13.1. The fourth-order valence-electron chi connectivity index (χ4n) is 2.60. The standard InChI is InChI=1S/C19H13FN4O2S/c1-11-16(17(24-26-11)12-6-2-3-7-13(12)20)18(25)23-19-22-15(10-27-19)14-8-4-5-9-21-14/h2-10H,1H3,(H,22,23,25). The van der Waals surface area contributed by atoms with E-state index in [1.54, 1.807) is 36.7 Å². The number of halogens is 1. The predicted molar refractivity (Wildman–Crippen MR) is 99.9 cm³/mol. The number of aromatic nitrogens is 3. The third kappa shape index (κ3) is 3.34. The van der Waals surface area contributed by atoms with Crippen LogP contribution in [0.25, 0.3) is 22.6 Å². The van der Waals surface area contributed by atoms with Crippen LogP contribution in [0.1, 0.15) is 16.1 Å². The molecule has 6 nitrogen and oxygen atoms in total. The average molecular weight is 380 g/mol. The van der Waals surface area contributed by atoms with Crippen LogP contribution in [0, 0.1) is 12.7 Å². The third-order valence-electron chi connectivity index (χ3n) is 3.87. The molecular formula is C19H13FN4O2S. The Kier molecular flexibility index (Phi) is 4.47. The number of thiazole rings is 1. The second-order valence-electron chi connectivity index (χ2n) is 5.65. The molecule has 0 aliphatic carbocycles. The quantitative estimate of drug-likeness (QED) is 0.561. The summed E-state index contributed by atoms with van der Waals surface area (Å²) in [5, 5.41) is 8.79. The number of hydrogen-bond acceptors (Lipinski definition) is 6. The van der Waals surface area contributed by atoms with E-state index in [0.29, 0.717) is 22.3 Å². The maximum atomic E-state index is 14.1. The number of hydrogen-bond donors (Lipinski definition) is 1. The second-order valence-corrected chi connectivity index (χ2v) is 6.51. The van der Waals surface area contributed by atoms with Gasteiger partial charge in [-0.3, -0.25) is 15.1 Å². The van der Waals surface area contributed by atoms with E-state index < -0.39 is 11.7 Å². The minimum absolute atomic E-state index is 0.157. The first kappa shape index (κ1) is 17.0. The Morgan fingerprint density at radius 3 is 2.74 bits per heavy atom. The van der Waals surface area contributed by atoms with E-state index in [4.69, 9.17) is 4.52 Å². The normalized spacial score (nSPS) is 10.7. The monoisotopic (exact) mass is 380 g/mol. The first-order valence-electron chi connectivity index (χ1n) is 8.03. The first-order valence-corrected chi connectivity index (χ1v) is 8.91. The minimum atomic E-state index is -0.480. The Bertz CT molecular complexity index is 1110. The molecule has 3 heterocycles. The molecule has 4 aromatic rings. The molecule has 3 aromatic heterocycles. The molecule has 27 heavy (non-hydrogen) atoms. The van der Waals surface area contributed by atoms with Gasteiger partial charge in [0.1, 0.15) is 28.5 Å². The Morgan fingerprint density at radius 2 is 1.96 bits per heavy atom. The molecule has 0 aliphatic rings. The van der Waals surface area contributed by atoms with Crippen molar-refractivity contribution >= 4 is 22.4 Å². The number of pyridine rings is 1. The highest BCUT2D eigenvalue weighted by atomic mass is 32.1. The van der Waals surface area contributed by atoms with Crippen LogP contribution in [0.15, 0.2) is 58.6 Å². The summed E-state index contributed by atoms with van der Waals surface area (Å²) >= 11 is 1.27. The van der Waals surface area contributed by atoms with Gasteiger partial charge in [0.25, 0.3) is 5.91 Å². The van der Waals surface area contributed by atoms with Crippen LogP contribution in [0.3, 0.4) is 0 Å². The van der Waals surface area contributed by atoms with E-state index >= 15 is 0 Å². The molecule has 0 aliphatic heterocycles. The highest BCUT2D eigenvalue weighted by Gasteiger charge is 2.24. The van der Waals surface area contributed by atoms with Gasteiger partial charge in [-0.2, -0.15) is 0 Å². The molecule has 1 aromatic carbocycles. The van der Waals surface area contributed by atoms with Gasteiger partial charge in [-0.25, -0.2) is 9.37 Å². The molecule has 4 rings (SSSR count). The van der Waals surface area contributed by atoms with Crippen LogP contribution in [0.5, 0.6) is 0 Å². The van der Waals surface area contributed by atoms with Crippen LogP contribution in [-0.4, -0.2) is 21.0 Å². The van der Waals surface area contributed by atoms with Gasteiger partial charge in [-0.05, 0) is 31.2 Å². The molecule has 1 N–H and O–H groups in total. The lowest BCUT2D eigenvalue weighted by Crippen LogP contribution is -2.13. The fourth-order valence-corrected chi connectivity index (χ4v) is 3.30. The maximum absolute atomic E-state index is 14.1. The van der Waals surface area contributed by atoms with E-state index in [9.17, 15) is 9.18 Å². The van der Waals surface area contributed by atoms with Crippen LogP contribution in [0.2, 0.25) is 0 Å². The molecule has 0 spiro atoms. The smallest absolute Gasteiger partial charge is 0.263 e. The zero-order chi connectivity index (χ0) is 18.8. The number of carbonyl (C=O) groups is 1. The Balaban J connectivity index is 1.63. The lowest BCUT2D eigenvalue weighted by atomic mass is 10.1. The van der Waals surface area contributed by atoms with Crippen molar-refractivity contribution in [2.75, 3.05) is 5.32 Å². The van der Waals surface area contributed by atoms with Crippen LogP contribution in [-0.2, 0) is 0 Å². The summed E-state index contributed by atoms with van der Waals surface area (Å²) in [4.78, 5) is 21.4. The summed E-state index contributed by atoms with van der Waals surface area (Å²) in [7, 11) is 0. The lowest BCUT2D eigenvalue weighted by Gasteiger charge is -2.04. The van der Waals surface area contributed by atoms with Crippen molar-refractivity contribution in [3.8, 4) is 22.6 Å². The lowest BCUT2D eigenvalue weighted by molar-refractivity contribution is 0.102. The summed E-state index contributed by atoms with van der Waals surface area (Å²) in [5.41, 5.74) is 1.90. The van der Waals surface area contributed by atoms with Gasteiger partial charge in [-0.15, -0.1) is 11.3 Å². The average Bonchev–Trinajstić information content (AvgIpc) is 3.29. The molecule has 0 saturated heterocycles. The molecule has 8 heteroatoms. The van der Waals surface area contributed by atoms with Crippen molar-refractivity contribution < 1.29 is 13.7 Å². The fraction of sp³-hybridized carbons (Fsp3) is 0.0526. The Labute approximate surface area is 157 Å². The molecule has 134 valence electrons. The summed E-state index contributed by atoms with van der Waals surface area (Å²) in [5.74, 6) is -0.646. The van der Waals surface area contributed by atoms with Crippen molar-refractivity contribution in [2.24, 2.45) is 0 Å². The molecule has 0 radical (unpaired) electrons. The van der Waals surface area contributed by atoms with Gasteiger partial charge < -0.3 is 4.52 Å². The van der Waals surface area contributed by atoms with Crippen molar-refractivity contribution in [3.05, 3.63) is 71.2 Å². The van der Waals surface area contributed by atoms with Gasteiger partial charge in [0, 0.05) is 17.1 Å². The van der Waals surface area contributed by atoms with Gasteiger partial charge in [0.15, 0.2) is 5.13 Å². The SMILES string of the molecule is Cc1onc(-c2ccccc2F)c1C(=O)Nc1nc(-c2ccccn2)cs1. The number of carbonyl (C=O) groups excluding carboxylic acids is 1. The number of nitrogens with zero attached hydrogens (tertiary/aromatic N) is 3. The van der Waals surface area contributed by atoms with Gasteiger partial charge in [0.2, 0.25) is 0 Å². The molecule has 0 bridgehead atoms. The van der Waals surface area contributed by atoms with Crippen molar-refractivity contribution in [2.45, 2.75) is 6.92 Å². The Hall–Kier alpha value is -3.39. The molecule has 0 saturated carbocycles. The number of aryl methyl sites for hydroxylation is 1. The van der Waals surface area contributed by atoms with Crippen molar-refractivity contribution in [3.63, 3.8) is 0 Å². The Morgan fingerprint density at radius 1 is 1.15 bits per heavy atom. The minimum Gasteiger partial charge on any atom is -0.360 e. The summed E-state index contributed by atoms with van der Waals surface area (Å²) < 4.78 is 19.2. The third-order valence-corrected chi connectivity index (χ3v) is 4.63. The van der Waals surface area contributed by atoms with E-state index in [0.717, 1.165) is 0 Å². The summed E-state index contributed by atoms with van der Waals surface area (Å²) in [6, 6.07) is 11.6. The maximum Gasteiger partial charge on any atom is 0.263 e. The highest BCUT2D eigenvalue weighted by molar-refractivity contribution is 7.14. The highest BCUT2D eigenvalue weighted by Crippen LogP contribution is 2.29. The van der Waals surface area contributed by atoms with Gasteiger partial charge in [-0.1, -0.05) is 23.4 Å². The van der Waals surface area contributed by atoms with Gasteiger partial charge >= 0.3 is 0 Å². The van der Waals surface area contributed by atoms with E-state index in [1.807, 2.05) is 18.2 Å². The number of benzene rings is 1. The number of rotatable bonds is 4. The van der Waals surface area contributed by atoms with E-state index in [-0.39, 0.29) is 16.8 Å². The van der Waals surface area contributed by atoms with Crippen LogP contribution in [0.4, 0.5) is 9.52 Å². The summed E-state index contributed by atoms with van der Waals surface area (Å²) in [6.45, 7) is 1.60. The van der Waals surface area contributed by atoms with E-state index in [1.165, 1.54) is 17.4 Å². The van der Waals surface area contributed by atoms with Crippen LogP contribution < -0.4 is 5.32 Å². The second kappa shape index (κ2) is 7.08. The summed E-state index contributed by atoms with van der Waals surface area (Å²) in [6.07, 6.45) is 1.67. The molecule has 0 unspecified atom stereocenters. The predicted octanol–water partition coefficient (Wildman–Crippen LogP) is 4.56. The van der Waals surface area contributed by atoms with Crippen LogP contribution >= 0.6 is 11.3 Å². The molecule has 0 fully saturated rings. The zero-order valence-electron chi connectivity index (χ0n) is 14.1. The number of nitrogens with one attached hydrogen (secondary N) is 1.